The van der Waals surface area contributed by atoms with Crippen molar-refractivity contribution in [3.8, 4) is 33.4 Å². The molecule has 0 fully saturated rings. The first-order chi connectivity index (χ1) is 35.3. The topological polar surface area (TPSA) is 0 Å². The fraction of sp³-hybridized carbons (Fsp3) is 0.382. The van der Waals surface area contributed by atoms with Crippen molar-refractivity contribution in [3.05, 3.63) is 156 Å². The predicted octanol–water partition coefficient (Wildman–Crippen LogP) is 17.6. The minimum atomic E-state index is -1.42. The van der Waals surface area contributed by atoms with Gasteiger partial charge in [0.2, 0.25) is 0 Å². The first-order valence-electron chi connectivity index (χ1n) is 27.9. The van der Waals surface area contributed by atoms with Crippen molar-refractivity contribution < 1.29 is 20.8 Å². The SMILES string of the molecule is CCCc1cc2c(-c3cc([Si](C)(C)C)cc([Si](C)(C)C)c3)c(C(C)(C)C)ccc2[cH-]1.CCCc1cc2c(-c3cc([Si](C)(C)C)cc([Si](C)(C)C)c3)c(C(C)(C)C)ccc2[cH-]1.[Cl][Zr][Cl].[c-]1cccc2c1[Si]c1ccccc1-2. The summed E-state index contributed by atoms with van der Waals surface area (Å²) in [5.74, 6) is 0. The first kappa shape index (κ1) is 62.3. The molecular weight excluding hydrogens is 1120 g/mol. The second-order valence-corrected chi connectivity index (χ2v) is 52.8. The maximum Gasteiger partial charge on any atom is 0.0920 e. The summed E-state index contributed by atoms with van der Waals surface area (Å²) >= 11 is -0.826. The average Bonchev–Trinajstić information content (AvgIpc) is 4.04. The number of fused-ring (bicyclic) bond motifs is 5. The molecular formula is C68H89Cl2Si5Zr-3. The quantitative estimate of drug-likeness (QED) is 0.0946. The minimum absolute atomic E-state index is 0.111. The standard InChI is InChI=1S/2C28H41Si2.C12H7Si.2ClH.Zr/c2*1-11-12-20-15-21-13-14-26(28(2,3)4)27(25(21)16-20)22-17-23(29(5,6)7)19-24(18-22)30(8,9)10;1-3-7-11-9(5-1)10-6-2-4-8-12(10)13-11;;;/h2*13-19H,11-12H2,1-10H3;1-7H;2*1H;/q3*-1;;;+2/p-2. The molecule has 1 aliphatic heterocycles. The first-order valence-corrected chi connectivity index (χ1v) is 49.2. The van der Waals surface area contributed by atoms with Crippen LogP contribution in [0.1, 0.15) is 90.5 Å². The molecule has 402 valence electrons. The van der Waals surface area contributed by atoms with Crippen LogP contribution in [-0.2, 0) is 44.5 Å². The fourth-order valence-electron chi connectivity index (χ4n) is 10.4. The maximum atomic E-state index is 4.93. The van der Waals surface area contributed by atoms with Crippen LogP contribution in [0.15, 0.2) is 127 Å². The molecule has 1 aliphatic rings. The van der Waals surface area contributed by atoms with Gasteiger partial charge in [-0.15, -0.1) is 74.6 Å². The largest absolute Gasteiger partial charge is 0.184 e. The Hall–Kier alpha value is -2.91. The second kappa shape index (κ2) is 24.8. The molecule has 0 saturated heterocycles. The van der Waals surface area contributed by atoms with Crippen molar-refractivity contribution in [3.63, 3.8) is 0 Å². The average molecular weight is 1210 g/mol. The summed E-state index contributed by atoms with van der Waals surface area (Å²) in [6.45, 7) is 48.4. The molecule has 0 unspecified atom stereocenters. The number of hydrogen-bond acceptors (Lipinski definition) is 0. The molecule has 8 aromatic rings. The molecule has 0 aliphatic carbocycles. The van der Waals surface area contributed by atoms with Crippen LogP contribution >= 0.6 is 17.0 Å². The van der Waals surface area contributed by atoms with Crippen molar-refractivity contribution in [2.45, 2.75) is 170 Å². The Bertz CT molecular complexity index is 2980. The molecule has 1 heterocycles. The third-order valence-electron chi connectivity index (χ3n) is 14.8. The van der Waals surface area contributed by atoms with Crippen molar-refractivity contribution in [2.75, 3.05) is 0 Å². The number of aryl methyl sites for hydroxylation is 2. The van der Waals surface area contributed by atoms with E-state index in [1.54, 1.807) is 20.7 Å². The van der Waals surface area contributed by atoms with Crippen LogP contribution in [-0.4, -0.2) is 41.8 Å². The summed E-state index contributed by atoms with van der Waals surface area (Å²) in [5.41, 5.74) is 14.7. The molecule has 0 saturated carbocycles. The van der Waals surface area contributed by atoms with E-state index in [0.717, 1.165) is 22.4 Å². The van der Waals surface area contributed by atoms with E-state index < -0.39 is 53.1 Å². The Labute approximate surface area is 487 Å². The van der Waals surface area contributed by atoms with E-state index in [0.29, 0.717) is 0 Å². The number of benzene rings is 6. The van der Waals surface area contributed by atoms with E-state index in [1.165, 1.54) is 100 Å². The van der Waals surface area contributed by atoms with E-state index in [9.17, 15) is 0 Å². The fourth-order valence-corrected chi connectivity index (χ4v) is 16.7. The van der Waals surface area contributed by atoms with Gasteiger partial charge < -0.3 is 0 Å². The smallest absolute Gasteiger partial charge is 0.0920 e. The van der Waals surface area contributed by atoms with Gasteiger partial charge in [0.05, 0.1) is 41.8 Å². The second-order valence-electron chi connectivity index (χ2n) is 27.5. The molecule has 8 heteroatoms. The van der Waals surface area contributed by atoms with Crippen LogP contribution in [0.5, 0.6) is 0 Å². The van der Waals surface area contributed by atoms with Gasteiger partial charge in [-0.25, -0.2) is 0 Å². The number of rotatable bonds is 10. The molecule has 0 bridgehead atoms. The Balaban J connectivity index is 0.000000192. The van der Waals surface area contributed by atoms with Crippen LogP contribution in [0.4, 0.5) is 0 Å². The molecule has 0 nitrogen and oxygen atoms in total. The van der Waals surface area contributed by atoms with Gasteiger partial charge in [-0.3, -0.25) is 0 Å². The van der Waals surface area contributed by atoms with Crippen molar-refractivity contribution in [1.82, 2.24) is 0 Å². The normalized spacial score (nSPS) is 12.8. The van der Waals surface area contributed by atoms with Gasteiger partial charge >= 0.3 is 37.9 Å². The third kappa shape index (κ3) is 15.3. The summed E-state index contributed by atoms with van der Waals surface area (Å²) in [5, 5.41) is 14.9. The van der Waals surface area contributed by atoms with Gasteiger partial charge in [0.25, 0.3) is 0 Å². The molecule has 0 N–H and O–H groups in total. The number of halogens is 2. The van der Waals surface area contributed by atoms with Gasteiger partial charge in [0.15, 0.2) is 0 Å². The van der Waals surface area contributed by atoms with Gasteiger partial charge in [-0.05, 0) is 34.8 Å². The van der Waals surface area contributed by atoms with Gasteiger partial charge in [-0.2, -0.15) is 41.6 Å². The van der Waals surface area contributed by atoms with Crippen LogP contribution in [0.3, 0.4) is 0 Å². The summed E-state index contributed by atoms with van der Waals surface area (Å²) < 4.78 is 0. The van der Waals surface area contributed by atoms with Crippen molar-refractivity contribution >= 4 is 112 Å². The molecule has 76 heavy (non-hydrogen) atoms. The Morgan fingerprint density at radius 3 is 1.21 bits per heavy atom. The van der Waals surface area contributed by atoms with Gasteiger partial charge in [-0.1, -0.05) is 261 Å². The molecule has 0 aromatic heterocycles. The molecule has 0 spiro atoms. The monoisotopic (exact) mass is 1210 g/mol. The Morgan fingerprint density at radius 1 is 0.487 bits per heavy atom. The minimum Gasteiger partial charge on any atom is -0.184 e. The zero-order valence-corrected chi connectivity index (χ0v) is 59.2. The molecule has 0 atom stereocenters. The third-order valence-corrected chi connectivity index (χ3v) is 24.3. The van der Waals surface area contributed by atoms with Gasteiger partial charge in [0, 0.05) is 0 Å². The van der Waals surface area contributed by atoms with Crippen LogP contribution in [0.25, 0.3) is 54.9 Å². The zero-order chi connectivity index (χ0) is 56.3. The van der Waals surface area contributed by atoms with Crippen molar-refractivity contribution in [1.29, 1.82) is 0 Å². The maximum absolute atomic E-state index is 4.93. The molecule has 2 radical (unpaired) electrons. The molecule has 8 aromatic carbocycles. The summed E-state index contributed by atoms with van der Waals surface area (Å²) in [7, 11) is 4.97. The molecule has 0 amide bonds. The van der Waals surface area contributed by atoms with E-state index in [2.05, 4.69) is 261 Å². The van der Waals surface area contributed by atoms with Crippen LogP contribution in [0.2, 0.25) is 78.6 Å². The van der Waals surface area contributed by atoms with Gasteiger partial charge in [0.1, 0.15) is 0 Å². The summed E-state index contributed by atoms with van der Waals surface area (Å²) in [6.07, 6.45) is 4.72. The predicted molar refractivity (Wildman–Crippen MR) is 355 cm³/mol. The van der Waals surface area contributed by atoms with E-state index in [1.807, 2.05) is 6.07 Å². The van der Waals surface area contributed by atoms with E-state index in [-0.39, 0.29) is 10.8 Å². The Morgan fingerprint density at radius 2 is 0.855 bits per heavy atom. The molecule has 9 rings (SSSR count). The summed E-state index contributed by atoms with van der Waals surface area (Å²) in [6, 6.07) is 52.6. The zero-order valence-electron chi connectivity index (χ0n) is 50.2. The van der Waals surface area contributed by atoms with E-state index >= 15 is 0 Å². The Kier molecular flexibility index (Phi) is 20.4. The van der Waals surface area contributed by atoms with E-state index in [4.69, 9.17) is 17.0 Å². The summed E-state index contributed by atoms with van der Waals surface area (Å²) in [4.78, 5) is 0. The van der Waals surface area contributed by atoms with Crippen LogP contribution in [0, 0.1) is 6.07 Å². The van der Waals surface area contributed by atoms with Crippen LogP contribution < -0.4 is 31.1 Å². The number of hydrogen-bond donors (Lipinski definition) is 0. The van der Waals surface area contributed by atoms with Crippen molar-refractivity contribution in [2.24, 2.45) is 0 Å².